The van der Waals surface area contributed by atoms with E-state index in [9.17, 15) is 83.5 Å². The van der Waals surface area contributed by atoms with Gasteiger partial charge in [-0.1, -0.05) is 0 Å². The molecule has 0 fully saturated rings. The van der Waals surface area contributed by atoms with Gasteiger partial charge in [-0.25, -0.2) is 45.5 Å². The highest BCUT2D eigenvalue weighted by atomic mass is 19.2. The molecule has 2 aromatic carbocycles. The average molecular weight is 620 g/mol. The molecule has 1 aliphatic rings. The molecule has 2 unspecified atom stereocenters. The van der Waals surface area contributed by atoms with Gasteiger partial charge in [0.1, 0.15) is 0 Å². The number of aliphatic carboxylic acids is 4. The number of hydrogen-bond acceptors (Lipinski definition) is 6. The van der Waals surface area contributed by atoms with Gasteiger partial charge < -0.3 is 29.9 Å². The Balaban J connectivity index is 2.46. The first-order valence-corrected chi connectivity index (χ1v) is 10.1. The molecule has 224 valence electrons. The van der Waals surface area contributed by atoms with E-state index in [2.05, 4.69) is 9.47 Å². The third kappa shape index (κ3) is 4.39. The smallest absolute Gasteiger partial charge is 0.357 e. The van der Waals surface area contributed by atoms with E-state index in [0.29, 0.717) is 0 Å². The first kappa shape index (κ1) is 31.2. The lowest BCUT2D eigenvalue weighted by molar-refractivity contribution is -0.156. The van der Waals surface area contributed by atoms with E-state index in [0.717, 1.165) is 0 Å². The normalized spacial score (nSPS) is 20.0. The van der Waals surface area contributed by atoms with E-state index in [-0.39, 0.29) is 0 Å². The van der Waals surface area contributed by atoms with E-state index < -0.39 is 128 Å². The van der Waals surface area contributed by atoms with Crippen molar-refractivity contribution < 1.29 is 93.0 Å². The SMILES string of the molecule is O=C(O)C1=CC(Oc2c(F)c(F)c(F)c(F)c2F)(C(=O)O)C(C(=O)O)=CC1(Oc1c(F)c(F)c(F)c(F)c1F)C(=O)O. The number of carboxylic acids is 4. The molecule has 20 heteroatoms. The third-order valence-corrected chi connectivity index (χ3v) is 5.46. The minimum atomic E-state index is -4.24. The zero-order valence-corrected chi connectivity index (χ0v) is 19.2. The number of hydrogen-bond donors (Lipinski definition) is 4. The molecule has 0 aliphatic heterocycles. The second-order valence-corrected chi connectivity index (χ2v) is 7.81. The van der Waals surface area contributed by atoms with Crippen LogP contribution in [0.4, 0.5) is 43.9 Å². The van der Waals surface area contributed by atoms with E-state index in [1.165, 1.54) is 0 Å². The lowest BCUT2D eigenvalue weighted by Crippen LogP contribution is -2.57. The Morgan fingerprint density at radius 3 is 0.857 bits per heavy atom. The van der Waals surface area contributed by atoms with Gasteiger partial charge in [0.2, 0.25) is 58.2 Å². The van der Waals surface area contributed by atoms with E-state index in [1.807, 2.05) is 0 Å². The predicted molar refractivity (Wildman–Crippen MR) is 106 cm³/mol. The molecule has 4 N–H and O–H groups in total. The van der Waals surface area contributed by atoms with Gasteiger partial charge >= 0.3 is 23.9 Å². The van der Waals surface area contributed by atoms with Crippen molar-refractivity contribution in [2.45, 2.75) is 11.2 Å². The van der Waals surface area contributed by atoms with Crippen molar-refractivity contribution in [1.82, 2.24) is 0 Å². The Morgan fingerprint density at radius 2 is 0.667 bits per heavy atom. The van der Waals surface area contributed by atoms with Gasteiger partial charge in [-0.15, -0.1) is 0 Å². The van der Waals surface area contributed by atoms with Crippen molar-refractivity contribution in [2.75, 3.05) is 0 Å². The summed E-state index contributed by atoms with van der Waals surface area (Å²) in [5, 5.41) is 38.6. The minimum absolute atomic E-state index is 0.653. The number of carboxylic acid groups (broad SMARTS) is 4. The summed E-state index contributed by atoms with van der Waals surface area (Å²) in [5.74, 6) is -44.7. The lowest BCUT2D eigenvalue weighted by atomic mass is 9.76. The molecule has 0 amide bonds. The Morgan fingerprint density at radius 1 is 0.452 bits per heavy atom. The van der Waals surface area contributed by atoms with Crippen LogP contribution in [0.5, 0.6) is 11.5 Å². The van der Waals surface area contributed by atoms with Crippen LogP contribution < -0.4 is 9.47 Å². The minimum Gasteiger partial charge on any atom is -0.478 e. The van der Waals surface area contributed by atoms with Gasteiger partial charge in [0.15, 0.2) is 11.5 Å². The highest BCUT2D eigenvalue weighted by Gasteiger charge is 2.60. The Hall–Kier alpha value is -5.30. The second kappa shape index (κ2) is 10.3. The highest BCUT2D eigenvalue weighted by Crippen LogP contribution is 2.43. The maximum absolute atomic E-state index is 14.3. The largest absolute Gasteiger partial charge is 0.478 e. The molecule has 3 rings (SSSR count). The topological polar surface area (TPSA) is 168 Å². The van der Waals surface area contributed by atoms with Crippen molar-refractivity contribution in [1.29, 1.82) is 0 Å². The molecule has 0 heterocycles. The summed E-state index contributed by atoms with van der Waals surface area (Å²) in [5.41, 5.74) is -12.9. The summed E-state index contributed by atoms with van der Waals surface area (Å²) in [4.78, 5) is 48.3. The fourth-order valence-corrected chi connectivity index (χ4v) is 3.50. The van der Waals surface area contributed by atoms with Crippen LogP contribution in [0, 0.1) is 58.2 Å². The predicted octanol–water partition coefficient (Wildman–Crippen LogP) is 3.22. The van der Waals surface area contributed by atoms with Crippen molar-refractivity contribution in [3.8, 4) is 11.5 Å². The molecule has 0 aromatic heterocycles. The fraction of sp³-hybridized carbons (Fsp3) is 0.0909. The van der Waals surface area contributed by atoms with Crippen LogP contribution in [0.2, 0.25) is 0 Å². The molecular formula is C22H6F10O10. The third-order valence-electron chi connectivity index (χ3n) is 5.46. The van der Waals surface area contributed by atoms with Crippen LogP contribution in [0.1, 0.15) is 0 Å². The van der Waals surface area contributed by atoms with Crippen molar-refractivity contribution in [3.63, 3.8) is 0 Å². The Bertz CT molecular complexity index is 1490. The number of carbonyl (C=O) groups is 4. The zero-order chi connectivity index (χ0) is 32.2. The van der Waals surface area contributed by atoms with Crippen LogP contribution in [0.3, 0.4) is 0 Å². The second-order valence-electron chi connectivity index (χ2n) is 7.81. The van der Waals surface area contributed by atoms with Gasteiger partial charge in [0.05, 0.1) is 11.1 Å². The molecule has 2 aromatic rings. The molecule has 0 spiro atoms. The summed E-state index contributed by atoms with van der Waals surface area (Å²) in [7, 11) is 0. The molecule has 10 nitrogen and oxygen atoms in total. The maximum atomic E-state index is 14.3. The van der Waals surface area contributed by atoms with Crippen LogP contribution in [0.25, 0.3) is 0 Å². The average Bonchev–Trinajstić information content (AvgIpc) is 2.92. The van der Waals surface area contributed by atoms with Crippen molar-refractivity contribution in [3.05, 3.63) is 81.5 Å². The van der Waals surface area contributed by atoms with Gasteiger partial charge in [0, 0.05) is 0 Å². The molecular weight excluding hydrogens is 614 g/mol. The standard InChI is InChI=1S/C22H6F10O10/c23-5-7(25)11(29)15(12(30)8(5)26)41-21(19(37)38)1-3(17(33)34)22(20(39)40,2-4(21)18(35)36)42-16-13(31)9(27)6(24)10(28)14(16)32/h1-2H,(H,33,34)(H,35,36)(H,37,38)(H,39,40). The van der Waals surface area contributed by atoms with E-state index in [1.54, 1.807) is 0 Å². The molecule has 0 radical (unpaired) electrons. The van der Waals surface area contributed by atoms with Crippen LogP contribution in [0.15, 0.2) is 23.3 Å². The maximum Gasteiger partial charge on any atom is 0.357 e. The van der Waals surface area contributed by atoms with Gasteiger partial charge in [-0.2, -0.15) is 17.6 Å². The van der Waals surface area contributed by atoms with Gasteiger partial charge in [-0.3, -0.25) is 0 Å². The van der Waals surface area contributed by atoms with E-state index >= 15 is 0 Å². The van der Waals surface area contributed by atoms with Gasteiger partial charge in [0.25, 0.3) is 11.2 Å². The van der Waals surface area contributed by atoms with E-state index in [4.69, 9.17) is 0 Å². The molecule has 0 saturated heterocycles. The number of rotatable bonds is 8. The molecule has 1 aliphatic carbocycles. The van der Waals surface area contributed by atoms with Crippen LogP contribution in [-0.2, 0) is 19.2 Å². The number of ether oxygens (including phenoxy) is 2. The van der Waals surface area contributed by atoms with Crippen LogP contribution >= 0.6 is 0 Å². The lowest BCUT2D eigenvalue weighted by Gasteiger charge is -2.37. The van der Waals surface area contributed by atoms with Crippen LogP contribution in [-0.4, -0.2) is 55.5 Å². The number of halogens is 10. The zero-order valence-electron chi connectivity index (χ0n) is 19.2. The summed E-state index contributed by atoms with van der Waals surface area (Å²) in [6.45, 7) is 0. The summed E-state index contributed by atoms with van der Waals surface area (Å²) >= 11 is 0. The highest BCUT2D eigenvalue weighted by molar-refractivity contribution is 6.09. The van der Waals surface area contributed by atoms with Gasteiger partial charge in [-0.05, 0) is 12.2 Å². The number of benzene rings is 2. The fourth-order valence-electron chi connectivity index (χ4n) is 3.50. The first-order valence-electron chi connectivity index (χ1n) is 10.1. The quantitative estimate of drug-likeness (QED) is 0.196. The van der Waals surface area contributed by atoms with Crippen molar-refractivity contribution in [2.24, 2.45) is 0 Å². The summed E-state index contributed by atoms with van der Waals surface area (Å²) in [6.07, 6.45) is -1.31. The molecule has 42 heavy (non-hydrogen) atoms. The summed E-state index contributed by atoms with van der Waals surface area (Å²) < 4.78 is 147. The monoisotopic (exact) mass is 620 g/mol. The van der Waals surface area contributed by atoms with Crippen molar-refractivity contribution >= 4 is 23.9 Å². The molecule has 0 saturated carbocycles. The Kier molecular flexibility index (Phi) is 7.64. The molecule has 0 bridgehead atoms. The molecule has 2 atom stereocenters. The Labute approximate surface area is 221 Å². The first-order chi connectivity index (χ1) is 19.3. The summed E-state index contributed by atoms with van der Waals surface area (Å²) in [6, 6.07) is 0.